The lowest BCUT2D eigenvalue weighted by Crippen LogP contribution is -2.20. The summed E-state index contributed by atoms with van der Waals surface area (Å²) in [5.41, 5.74) is 0.534. The fourth-order valence-corrected chi connectivity index (χ4v) is 3.04. The molecule has 0 aromatic carbocycles. The second kappa shape index (κ2) is 7.18. The number of carboxylic acids is 1. The molecule has 0 fully saturated rings. The highest BCUT2D eigenvalue weighted by Crippen LogP contribution is 2.23. The third-order valence-corrected chi connectivity index (χ3v) is 4.30. The lowest BCUT2D eigenvalue weighted by Gasteiger charge is -2.13. The average molecular weight is 375 g/mol. The molecule has 10 heteroatoms. The number of aromatic nitrogens is 5. The molecule has 0 saturated heterocycles. The molecule has 0 spiro atoms. The molecule has 136 valence electrons. The highest BCUT2D eigenvalue weighted by molar-refractivity contribution is 7.71. The van der Waals surface area contributed by atoms with Crippen LogP contribution >= 0.6 is 12.2 Å². The van der Waals surface area contributed by atoms with E-state index in [2.05, 4.69) is 15.1 Å². The van der Waals surface area contributed by atoms with E-state index in [0.717, 1.165) is 0 Å². The number of nitrogens with one attached hydrogen (secondary N) is 1. The monoisotopic (exact) mass is 375 g/mol. The number of carboxylic acid groups (broad SMARTS) is 1. The van der Waals surface area contributed by atoms with Crippen LogP contribution in [0.3, 0.4) is 0 Å². The predicted molar refractivity (Wildman–Crippen MR) is 96.9 cm³/mol. The Morgan fingerprint density at radius 3 is 2.88 bits per heavy atom. The molecule has 0 saturated carbocycles. The highest BCUT2D eigenvalue weighted by Gasteiger charge is 2.20. The van der Waals surface area contributed by atoms with Crippen LogP contribution in [0, 0.1) is 4.77 Å². The smallest absolute Gasteiger partial charge is 0.336 e. The van der Waals surface area contributed by atoms with Gasteiger partial charge in [-0.1, -0.05) is 0 Å². The number of aromatic amines is 1. The van der Waals surface area contributed by atoms with Crippen LogP contribution < -0.4 is 5.56 Å². The first kappa shape index (κ1) is 18.0. The minimum Gasteiger partial charge on any atom is -0.478 e. The molecule has 0 amide bonds. The number of nitrogens with zero attached hydrogens (tertiary/aromatic N) is 4. The Morgan fingerprint density at radius 2 is 2.23 bits per heavy atom. The zero-order valence-electron chi connectivity index (χ0n) is 14.2. The highest BCUT2D eigenvalue weighted by atomic mass is 32.1. The number of rotatable bonds is 6. The zero-order valence-corrected chi connectivity index (χ0v) is 15.0. The fourth-order valence-electron chi connectivity index (χ4n) is 2.77. The Morgan fingerprint density at radius 1 is 1.46 bits per heavy atom. The third-order valence-electron chi connectivity index (χ3n) is 3.98. The molecule has 26 heavy (non-hydrogen) atoms. The van der Waals surface area contributed by atoms with E-state index in [1.54, 1.807) is 28.6 Å². The van der Waals surface area contributed by atoms with Crippen molar-refractivity contribution in [2.45, 2.75) is 20.0 Å². The van der Waals surface area contributed by atoms with Gasteiger partial charge >= 0.3 is 5.97 Å². The van der Waals surface area contributed by atoms with Gasteiger partial charge in [0.25, 0.3) is 5.56 Å². The minimum atomic E-state index is -1.22. The normalized spacial score (nSPS) is 11.2. The number of carbonyl (C=O) groups is 1. The number of H-pyrrole nitrogens is 1. The molecule has 0 aliphatic carbocycles. The SMILES string of the molecule is CCn1nccc1-c1cc(C(=O)O)c2c(=O)[nH]c(=S)n(CCOC)c2n1. The molecule has 0 bridgehead atoms. The topological polar surface area (TPSA) is 115 Å². The van der Waals surface area contributed by atoms with Crippen LogP contribution in [0.25, 0.3) is 22.4 Å². The zero-order chi connectivity index (χ0) is 18.8. The van der Waals surface area contributed by atoms with Crippen molar-refractivity contribution in [3.8, 4) is 11.4 Å². The molecule has 3 heterocycles. The summed E-state index contributed by atoms with van der Waals surface area (Å²) in [5, 5.41) is 13.8. The summed E-state index contributed by atoms with van der Waals surface area (Å²) >= 11 is 5.23. The molecule has 0 aliphatic heterocycles. The minimum absolute atomic E-state index is 0.0199. The van der Waals surface area contributed by atoms with Crippen molar-refractivity contribution in [3.05, 3.63) is 39.0 Å². The lowest BCUT2D eigenvalue weighted by molar-refractivity contribution is 0.0699. The first-order valence-electron chi connectivity index (χ1n) is 7.90. The number of pyridine rings is 1. The third kappa shape index (κ3) is 3.04. The second-order valence-electron chi connectivity index (χ2n) is 5.49. The van der Waals surface area contributed by atoms with Gasteiger partial charge in [-0.2, -0.15) is 5.10 Å². The summed E-state index contributed by atoms with van der Waals surface area (Å²) in [5.74, 6) is -1.22. The quantitative estimate of drug-likeness (QED) is 0.630. The molecule has 0 unspecified atom stereocenters. The van der Waals surface area contributed by atoms with Gasteiger partial charge in [0.2, 0.25) is 0 Å². The Labute approximate surface area is 152 Å². The molecular formula is C16H17N5O4S. The second-order valence-corrected chi connectivity index (χ2v) is 5.88. The van der Waals surface area contributed by atoms with E-state index < -0.39 is 11.5 Å². The van der Waals surface area contributed by atoms with E-state index in [9.17, 15) is 14.7 Å². The predicted octanol–water partition coefficient (Wildman–Crippen LogP) is 1.68. The lowest BCUT2D eigenvalue weighted by atomic mass is 10.1. The number of hydrogen-bond acceptors (Lipinski definition) is 6. The van der Waals surface area contributed by atoms with Crippen molar-refractivity contribution in [1.29, 1.82) is 0 Å². The number of fused-ring (bicyclic) bond motifs is 1. The van der Waals surface area contributed by atoms with Crippen molar-refractivity contribution in [2.75, 3.05) is 13.7 Å². The molecule has 0 aliphatic rings. The van der Waals surface area contributed by atoms with Crippen molar-refractivity contribution in [2.24, 2.45) is 0 Å². The molecule has 3 aromatic rings. The van der Waals surface area contributed by atoms with Gasteiger partial charge in [0.15, 0.2) is 4.77 Å². The summed E-state index contributed by atoms with van der Waals surface area (Å²) in [4.78, 5) is 31.2. The molecule has 0 atom stereocenters. The van der Waals surface area contributed by atoms with Crippen molar-refractivity contribution < 1.29 is 14.6 Å². The maximum absolute atomic E-state index is 12.4. The number of aromatic carboxylic acids is 1. The molecule has 3 aromatic heterocycles. The van der Waals surface area contributed by atoms with Crippen LogP contribution in [0.1, 0.15) is 17.3 Å². The van der Waals surface area contributed by atoms with Crippen LogP contribution in [0.4, 0.5) is 0 Å². The average Bonchev–Trinajstić information content (AvgIpc) is 3.09. The molecule has 2 N–H and O–H groups in total. The van der Waals surface area contributed by atoms with Crippen LogP contribution in [0.5, 0.6) is 0 Å². The van der Waals surface area contributed by atoms with Gasteiger partial charge in [-0.25, -0.2) is 9.78 Å². The van der Waals surface area contributed by atoms with Gasteiger partial charge in [0.1, 0.15) is 5.65 Å². The number of hydrogen-bond donors (Lipinski definition) is 2. The standard InChI is InChI=1S/C16H17N5O4S/c1-3-21-11(4-5-17-21)10-8-9(15(23)24)12-13(18-10)20(6-7-25-2)16(26)19-14(12)22/h4-5,8H,3,6-7H2,1-2H3,(H,23,24)(H,19,22,26). The fraction of sp³-hybridized carbons (Fsp3) is 0.312. The molecule has 0 radical (unpaired) electrons. The van der Waals surface area contributed by atoms with Crippen molar-refractivity contribution in [1.82, 2.24) is 24.3 Å². The summed E-state index contributed by atoms with van der Waals surface area (Å²) < 4.78 is 8.50. The maximum atomic E-state index is 12.4. The largest absolute Gasteiger partial charge is 0.478 e. The van der Waals surface area contributed by atoms with Gasteiger partial charge in [-0.15, -0.1) is 0 Å². The number of ether oxygens (including phenoxy) is 1. The first-order valence-corrected chi connectivity index (χ1v) is 8.31. The van der Waals surface area contributed by atoms with E-state index in [1.165, 1.54) is 6.07 Å². The summed E-state index contributed by atoms with van der Waals surface area (Å²) in [6, 6.07) is 3.12. The van der Waals surface area contributed by atoms with Gasteiger partial charge in [-0.05, 0) is 31.3 Å². The van der Waals surface area contributed by atoms with Gasteiger partial charge < -0.3 is 14.4 Å². The molecular weight excluding hydrogens is 358 g/mol. The van der Waals surface area contributed by atoms with Crippen LogP contribution in [-0.4, -0.2) is 49.1 Å². The van der Waals surface area contributed by atoms with Gasteiger partial charge in [0.05, 0.1) is 35.5 Å². The number of aryl methyl sites for hydroxylation is 1. The Balaban J connectivity index is 2.42. The van der Waals surface area contributed by atoms with Crippen molar-refractivity contribution in [3.63, 3.8) is 0 Å². The maximum Gasteiger partial charge on any atom is 0.336 e. The first-order chi connectivity index (χ1) is 12.5. The van der Waals surface area contributed by atoms with E-state index in [-0.39, 0.29) is 21.4 Å². The van der Waals surface area contributed by atoms with E-state index in [4.69, 9.17) is 17.0 Å². The Hall–Kier alpha value is -2.85. The summed E-state index contributed by atoms with van der Waals surface area (Å²) in [7, 11) is 1.54. The van der Waals surface area contributed by atoms with Crippen molar-refractivity contribution >= 4 is 29.2 Å². The summed E-state index contributed by atoms with van der Waals surface area (Å²) in [6.07, 6.45) is 1.61. The van der Waals surface area contributed by atoms with E-state index >= 15 is 0 Å². The van der Waals surface area contributed by atoms with Gasteiger partial charge in [-0.3, -0.25) is 14.5 Å². The van der Waals surface area contributed by atoms with Gasteiger partial charge in [0, 0.05) is 19.9 Å². The van der Waals surface area contributed by atoms with Crippen LogP contribution in [-0.2, 0) is 17.8 Å². The summed E-state index contributed by atoms with van der Waals surface area (Å²) in [6.45, 7) is 3.16. The van der Waals surface area contributed by atoms with Crippen LogP contribution in [0.2, 0.25) is 0 Å². The molecule has 9 nitrogen and oxygen atoms in total. The number of methoxy groups -OCH3 is 1. The Bertz CT molecular complexity index is 1100. The van der Waals surface area contributed by atoms with E-state index in [0.29, 0.717) is 31.1 Å². The molecule has 3 rings (SSSR count). The van der Waals surface area contributed by atoms with Crippen LogP contribution in [0.15, 0.2) is 23.1 Å². The van der Waals surface area contributed by atoms with E-state index in [1.807, 2.05) is 6.92 Å². The Kier molecular flexibility index (Phi) is 4.96.